The smallest absolute Gasteiger partial charge is 0.118 e. The van der Waals surface area contributed by atoms with E-state index in [0.717, 1.165) is 31.9 Å². The maximum absolute atomic E-state index is 5.13. The summed E-state index contributed by atoms with van der Waals surface area (Å²) in [6.07, 6.45) is 3.55. The van der Waals surface area contributed by atoms with Gasteiger partial charge in [0, 0.05) is 13.7 Å². The molecule has 3 heteroatoms. The summed E-state index contributed by atoms with van der Waals surface area (Å²) in [6, 6.07) is 8.31. The fourth-order valence-corrected chi connectivity index (χ4v) is 1.67. The quantitative estimate of drug-likeness (QED) is 0.668. The van der Waals surface area contributed by atoms with Crippen LogP contribution in [0.3, 0.4) is 0 Å². The lowest BCUT2D eigenvalue weighted by Gasteiger charge is -2.05. The van der Waals surface area contributed by atoms with E-state index < -0.39 is 0 Å². The Hall–Kier alpha value is -1.06. The molecule has 96 valence electrons. The number of aryl methyl sites for hydroxylation is 1. The minimum Gasteiger partial charge on any atom is -0.497 e. The van der Waals surface area contributed by atoms with E-state index in [0.29, 0.717) is 0 Å². The van der Waals surface area contributed by atoms with E-state index in [-0.39, 0.29) is 0 Å². The van der Waals surface area contributed by atoms with Gasteiger partial charge in [0.25, 0.3) is 0 Å². The zero-order valence-corrected chi connectivity index (χ0v) is 10.9. The number of unbranched alkanes of at least 4 members (excludes halogenated alkanes) is 1. The average molecular weight is 237 g/mol. The predicted molar refractivity (Wildman–Crippen MR) is 70.7 cm³/mol. The number of methoxy groups -OCH3 is 2. The van der Waals surface area contributed by atoms with Gasteiger partial charge in [-0.05, 0) is 43.5 Å². The number of benzene rings is 1. The van der Waals surface area contributed by atoms with Crippen LogP contribution in [0, 0.1) is 0 Å². The molecule has 0 heterocycles. The topological polar surface area (TPSA) is 30.5 Å². The van der Waals surface area contributed by atoms with E-state index >= 15 is 0 Å². The van der Waals surface area contributed by atoms with Gasteiger partial charge in [-0.2, -0.15) is 0 Å². The van der Waals surface area contributed by atoms with E-state index in [9.17, 15) is 0 Å². The molecule has 0 aliphatic rings. The summed E-state index contributed by atoms with van der Waals surface area (Å²) in [4.78, 5) is 0. The second-order valence-electron chi connectivity index (χ2n) is 4.05. The first-order chi connectivity index (χ1) is 8.36. The highest BCUT2D eigenvalue weighted by Gasteiger charge is 1.95. The molecule has 17 heavy (non-hydrogen) atoms. The average Bonchev–Trinajstić information content (AvgIpc) is 2.38. The molecule has 0 unspecified atom stereocenters. The van der Waals surface area contributed by atoms with Crippen molar-refractivity contribution in [3.63, 3.8) is 0 Å². The first-order valence-electron chi connectivity index (χ1n) is 6.19. The monoisotopic (exact) mass is 237 g/mol. The summed E-state index contributed by atoms with van der Waals surface area (Å²) in [7, 11) is 3.42. The van der Waals surface area contributed by atoms with Gasteiger partial charge >= 0.3 is 0 Å². The van der Waals surface area contributed by atoms with Crippen LogP contribution in [-0.2, 0) is 11.2 Å². The van der Waals surface area contributed by atoms with Gasteiger partial charge in [-0.3, -0.25) is 0 Å². The molecule has 0 aromatic heterocycles. The third kappa shape index (κ3) is 6.29. The fraction of sp³-hybridized carbons (Fsp3) is 0.571. The van der Waals surface area contributed by atoms with Crippen molar-refractivity contribution in [2.45, 2.75) is 19.3 Å². The molecular formula is C14H23NO2. The van der Waals surface area contributed by atoms with Gasteiger partial charge in [0.15, 0.2) is 0 Å². The summed E-state index contributed by atoms with van der Waals surface area (Å²) in [5, 5.41) is 3.35. The van der Waals surface area contributed by atoms with Crippen molar-refractivity contribution in [3.8, 4) is 5.75 Å². The Labute approximate surface area is 104 Å². The number of hydrogen-bond donors (Lipinski definition) is 1. The molecule has 1 N–H and O–H groups in total. The summed E-state index contributed by atoms with van der Waals surface area (Å²) in [5.41, 5.74) is 1.38. The van der Waals surface area contributed by atoms with E-state index in [2.05, 4.69) is 17.4 Å². The van der Waals surface area contributed by atoms with Crippen LogP contribution in [0.4, 0.5) is 0 Å². The zero-order valence-electron chi connectivity index (χ0n) is 10.9. The van der Waals surface area contributed by atoms with E-state index in [1.165, 1.54) is 18.4 Å². The van der Waals surface area contributed by atoms with Gasteiger partial charge in [-0.1, -0.05) is 12.1 Å². The van der Waals surface area contributed by atoms with Crippen LogP contribution in [0.15, 0.2) is 24.3 Å². The number of nitrogens with one attached hydrogen (secondary N) is 1. The Kier molecular flexibility index (Phi) is 7.43. The third-order valence-corrected chi connectivity index (χ3v) is 2.71. The molecule has 0 saturated carbocycles. The summed E-state index contributed by atoms with van der Waals surface area (Å²) in [5.74, 6) is 0.926. The van der Waals surface area contributed by atoms with Crippen molar-refractivity contribution in [3.05, 3.63) is 29.8 Å². The summed E-state index contributed by atoms with van der Waals surface area (Å²) < 4.78 is 10.1. The van der Waals surface area contributed by atoms with E-state index in [4.69, 9.17) is 9.47 Å². The standard InChI is InChI=1S/C14H23NO2/c1-16-12-11-15-10-4-3-5-13-6-8-14(17-2)9-7-13/h6-9,15H,3-5,10-12H2,1-2H3. The molecule has 0 aliphatic carbocycles. The van der Waals surface area contributed by atoms with Crippen LogP contribution in [0.5, 0.6) is 5.75 Å². The normalized spacial score (nSPS) is 10.5. The third-order valence-electron chi connectivity index (χ3n) is 2.71. The molecule has 0 aliphatic heterocycles. The fourth-order valence-electron chi connectivity index (χ4n) is 1.67. The number of rotatable bonds is 9. The molecule has 0 spiro atoms. The van der Waals surface area contributed by atoms with Crippen molar-refractivity contribution >= 4 is 0 Å². The molecule has 1 aromatic rings. The van der Waals surface area contributed by atoms with Crippen LogP contribution >= 0.6 is 0 Å². The van der Waals surface area contributed by atoms with Crippen LogP contribution in [0.25, 0.3) is 0 Å². The molecule has 1 rings (SSSR count). The van der Waals surface area contributed by atoms with E-state index in [1.54, 1.807) is 14.2 Å². The Morgan fingerprint density at radius 1 is 1.00 bits per heavy atom. The molecule has 0 radical (unpaired) electrons. The van der Waals surface area contributed by atoms with Gasteiger partial charge in [-0.15, -0.1) is 0 Å². The van der Waals surface area contributed by atoms with Crippen molar-refractivity contribution < 1.29 is 9.47 Å². The van der Waals surface area contributed by atoms with Gasteiger partial charge in [0.2, 0.25) is 0 Å². The Morgan fingerprint density at radius 3 is 2.41 bits per heavy atom. The van der Waals surface area contributed by atoms with E-state index in [1.807, 2.05) is 12.1 Å². The Balaban J connectivity index is 2.05. The lowest BCUT2D eigenvalue weighted by atomic mass is 10.1. The largest absolute Gasteiger partial charge is 0.497 e. The SMILES string of the molecule is COCCNCCCCc1ccc(OC)cc1. The molecule has 0 saturated heterocycles. The van der Waals surface area contributed by atoms with Crippen LogP contribution < -0.4 is 10.1 Å². The highest BCUT2D eigenvalue weighted by Crippen LogP contribution is 2.12. The lowest BCUT2D eigenvalue weighted by Crippen LogP contribution is -2.20. The Morgan fingerprint density at radius 2 is 1.76 bits per heavy atom. The van der Waals surface area contributed by atoms with Gasteiger partial charge in [0.05, 0.1) is 13.7 Å². The highest BCUT2D eigenvalue weighted by atomic mass is 16.5. The predicted octanol–water partition coefficient (Wildman–Crippen LogP) is 2.25. The van der Waals surface area contributed by atoms with Crippen molar-refractivity contribution in [2.75, 3.05) is 33.9 Å². The second kappa shape index (κ2) is 9.02. The zero-order chi connectivity index (χ0) is 12.3. The molecular weight excluding hydrogens is 214 g/mol. The second-order valence-corrected chi connectivity index (χ2v) is 4.05. The lowest BCUT2D eigenvalue weighted by molar-refractivity contribution is 0.199. The maximum atomic E-state index is 5.13. The number of hydrogen-bond acceptors (Lipinski definition) is 3. The molecule has 0 fully saturated rings. The van der Waals surface area contributed by atoms with Crippen molar-refractivity contribution in [2.24, 2.45) is 0 Å². The Bertz CT molecular complexity index is 285. The highest BCUT2D eigenvalue weighted by molar-refractivity contribution is 5.27. The maximum Gasteiger partial charge on any atom is 0.118 e. The van der Waals surface area contributed by atoms with Gasteiger partial charge in [-0.25, -0.2) is 0 Å². The first kappa shape index (κ1) is 14.0. The van der Waals surface area contributed by atoms with Gasteiger partial charge < -0.3 is 14.8 Å². The molecule has 0 amide bonds. The van der Waals surface area contributed by atoms with Crippen LogP contribution in [0.1, 0.15) is 18.4 Å². The summed E-state index contributed by atoms with van der Waals surface area (Å²) >= 11 is 0. The van der Waals surface area contributed by atoms with Crippen molar-refractivity contribution in [1.82, 2.24) is 5.32 Å². The molecule has 0 atom stereocenters. The molecule has 0 bridgehead atoms. The minimum absolute atomic E-state index is 0.790. The number of ether oxygens (including phenoxy) is 2. The van der Waals surface area contributed by atoms with Crippen LogP contribution in [0.2, 0.25) is 0 Å². The first-order valence-corrected chi connectivity index (χ1v) is 6.19. The molecule has 1 aromatic carbocycles. The van der Waals surface area contributed by atoms with Crippen LogP contribution in [-0.4, -0.2) is 33.9 Å². The van der Waals surface area contributed by atoms with Crippen molar-refractivity contribution in [1.29, 1.82) is 0 Å². The minimum atomic E-state index is 0.790. The summed E-state index contributed by atoms with van der Waals surface area (Å²) in [6.45, 7) is 2.80. The molecule has 3 nitrogen and oxygen atoms in total. The van der Waals surface area contributed by atoms with Gasteiger partial charge in [0.1, 0.15) is 5.75 Å².